The van der Waals surface area contributed by atoms with Gasteiger partial charge in [0.15, 0.2) is 0 Å². The molecule has 0 aliphatic heterocycles. The number of carbonyl (C=O) groups excluding carboxylic acids is 2. The smallest absolute Gasteiger partial charge is 0.345 e. The molecule has 2 amide bonds. The lowest BCUT2D eigenvalue weighted by Gasteiger charge is -1.82. The number of carboxylic acid groups (broad SMARTS) is 1. The van der Waals surface area contributed by atoms with Crippen molar-refractivity contribution >= 4 is 17.8 Å². The Bertz CT molecular complexity index is 291. The normalized spacial score (nSPS) is 7.36. The van der Waals surface area contributed by atoms with E-state index in [1.165, 1.54) is 6.07 Å². The first kappa shape index (κ1) is 14.2. The third-order valence-electron chi connectivity index (χ3n) is 0.742. The number of nitriles is 1. The molecule has 0 heterocycles. The molecule has 0 bridgehead atoms. The molecule has 0 saturated heterocycles. The van der Waals surface area contributed by atoms with Crippen LogP contribution in [-0.4, -0.2) is 22.9 Å². The standard InChI is InChI=1S/C4H3NO2.C3H6N2O2/c1-3(2-5)4(6)7;4-2(6)1-3(5)7/h1H2,(H,6,7);1H2,(H2,4,6)(H2,5,7). The summed E-state index contributed by atoms with van der Waals surface area (Å²) >= 11 is 0. The second kappa shape index (κ2) is 7.30. The molecule has 0 rings (SSSR count). The van der Waals surface area contributed by atoms with Crippen LogP contribution in [0.3, 0.4) is 0 Å². The highest BCUT2D eigenvalue weighted by Crippen LogP contribution is 1.81. The Kier molecular flexibility index (Phi) is 7.39. The van der Waals surface area contributed by atoms with E-state index in [9.17, 15) is 14.4 Å². The van der Waals surface area contributed by atoms with Gasteiger partial charge in [-0.05, 0) is 0 Å². The zero-order valence-corrected chi connectivity index (χ0v) is 7.19. The number of amides is 2. The van der Waals surface area contributed by atoms with E-state index in [2.05, 4.69) is 18.0 Å². The Labute approximate surface area is 79.6 Å². The molecule has 14 heavy (non-hydrogen) atoms. The van der Waals surface area contributed by atoms with Gasteiger partial charge in [-0.2, -0.15) is 5.26 Å². The molecule has 76 valence electrons. The van der Waals surface area contributed by atoms with Gasteiger partial charge in [0.25, 0.3) is 0 Å². The summed E-state index contributed by atoms with van der Waals surface area (Å²) in [7, 11) is 0. The molecule has 7 heteroatoms. The molecule has 0 radical (unpaired) electrons. The first-order chi connectivity index (χ1) is 6.31. The largest absolute Gasteiger partial charge is 0.477 e. The molecule has 0 aliphatic rings. The SMILES string of the molecule is C=C(C#N)C(=O)O.NC(=O)CC(N)=O. The lowest BCUT2D eigenvalue weighted by atomic mass is 10.4. The summed E-state index contributed by atoms with van der Waals surface area (Å²) < 4.78 is 0. The van der Waals surface area contributed by atoms with E-state index < -0.39 is 23.4 Å². The molecule has 0 aromatic heterocycles. The van der Waals surface area contributed by atoms with E-state index in [0.717, 1.165) is 0 Å². The van der Waals surface area contributed by atoms with Crippen molar-refractivity contribution in [2.24, 2.45) is 11.5 Å². The molecule has 0 aromatic carbocycles. The Morgan fingerprint density at radius 3 is 1.64 bits per heavy atom. The van der Waals surface area contributed by atoms with Crippen molar-refractivity contribution in [1.29, 1.82) is 5.26 Å². The molecule has 0 aliphatic carbocycles. The average molecular weight is 199 g/mol. The summed E-state index contributed by atoms with van der Waals surface area (Å²) in [5.41, 5.74) is 8.68. The maximum absolute atomic E-state index is 9.73. The van der Waals surface area contributed by atoms with E-state index in [0.29, 0.717) is 0 Å². The first-order valence-electron chi connectivity index (χ1n) is 3.20. The summed E-state index contributed by atoms with van der Waals surface area (Å²) in [4.78, 5) is 29.1. The Balaban J connectivity index is 0. The monoisotopic (exact) mass is 199 g/mol. The molecule has 5 N–H and O–H groups in total. The number of hydrogen-bond acceptors (Lipinski definition) is 4. The predicted octanol–water partition coefficient (Wildman–Crippen LogP) is -1.50. The van der Waals surface area contributed by atoms with E-state index in [1.54, 1.807) is 0 Å². The highest BCUT2D eigenvalue weighted by molar-refractivity contribution is 5.95. The van der Waals surface area contributed by atoms with Crippen molar-refractivity contribution in [2.45, 2.75) is 6.42 Å². The van der Waals surface area contributed by atoms with E-state index in [4.69, 9.17) is 10.4 Å². The van der Waals surface area contributed by atoms with Crippen LogP contribution in [0.5, 0.6) is 0 Å². The number of hydrogen-bond donors (Lipinski definition) is 3. The zero-order chi connectivity index (χ0) is 11.7. The Morgan fingerprint density at radius 1 is 1.29 bits per heavy atom. The van der Waals surface area contributed by atoms with Gasteiger partial charge in [0, 0.05) is 0 Å². The summed E-state index contributed by atoms with van der Waals surface area (Å²) in [6, 6.07) is 1.37. The summed E-state index contributed by atoms with van der Waals surface area (Å²) in [6.07, 6.45) is -0.361. The molecule has 0 aromatic rings. The fourth-order valence-corrected chi connectivity index (χ4v) is 0.220. The lowest BCUT2D eigenvalue weighted by molar-refractivity contribution is -0.132. The minimum Gasteiger partial charge on any atom is -0.477 e. The van der Waals surface area contributed by atoms with Crippen LogP contribution < -0.4 is 11.5 Å². The number of aliphatic carboxylic acids is 1. The molecule has 0 saturated carbocycles. The van der Waals surface area contributed by atoms with Crippen LogP contribution in [-0.2, 0) is 14.4 Å². The van der Waals surface area contributed by atoms with Crippen LogP contribution in [0.4, 0.5) is 0 Å². The maximum Gasteiger partial charge on any atom is 0.345 e. The number of nitrogens with zero attached hydrogens (tertiary/aromatic N) is 1. The van der Waals surface area contributed by atoms with E-state index >= 15 is 0 Å². The predicted molar refractivity (Wildman–Crippen MR) is 45.4 cm³/mol. The van der Waals surface area contributed by atoms with Crippen LogP contribution in [0.15, 0.2) is 12.2 Å². The maximum atomic E-state index is 9.73. The van der Waals surface area contributed by atoms with Gasteiger partial charge in [-0.15, -0.1) is 0 Å². The number of carbonyl (C=O) groups is 3. The number of primary amides is 2. The Morgan fingerprint density at radius 2 is 1.64 bits per heavy atom. The summed E-state index contributed by atoms with van der Waals surface area (Å²) in [6.45, 7) is 2.91. The fraction of sp³-hybridized carbons (Fsp3) is 0.143. The van der Waals surface area contributed by atoms with E-state index in [1.807, 2.05) is 0 Å². The summed E-state index contributed by atoms with van der Waals surface area (Å²) in [5, 5.41) is 15.6. The molecule has 0 unspecified atom stereocenters. The van der Waals surface area contributed by atoms with Crippen molar-refractivity contribution in [3.63, 3.8) is 0 Å². The van der Waals surface area contributed by atoms with Gasteiger partial charge in [-0.1, -0.05) is 6.58 Å². The van der Waals surface area contributed by atoms with Crippen LogP contribution in [0.25, 0.3) is 0 Å². The van der Waals surface area contributed by atoms with Crippen molar-refractivity contribution in [2.75, 3.05) is 0 Å². The lowest BCUT2D eigenvalue weighted by Crippen LogP contribution is -2.21. The zero-order valence-electron chi connectivity index (χ0n) is 7.19. The fourth-order valence-electron chi connectivity index (χ4n) is 0.220. The van der Waals surface area contributed by atoms with Gasteiger partial charge in [-0.25, -0.2) is 4.79 Å². The molecule has 0 atom stereocenters. The number of nitrogens with two attached hydrogens (primary N) is 2. The number of carboxylic acids is 1. The van der Waals surface area contributed by atoms with Gasteiger partial charge < -0.3 is 16.6 Å². The van der Waals surface area contributed by atoms with Crippen molar-refractivity contribution in [3.8, 4) is 6.07 Å². The highest BCUT2D eigenvalue weighted by Gasteiger charge is 1.97. The van der Waals surface area contributed by atoms with Crippen molar-refractivity contribution in [1.82, 2.24) is 0 Å². The third kappa shape index (κ3) is 12.3. The topological polar surface area (TPSA) is 147 Å². The molecule has 0 fully saturated rings. The second-order valence-corrected chi connectivity index (χ2v) is 2.00. The molecule has 7 nitrogen and oxygen atoms in total. The van der Waals surface area contributed by atoms with Gasteiger partial charge in [-0.3, -0.25) is 9.59 Å². The van der Waals surface area contributed by atoms with Crippen LogP contribution >= 0.6 is 0 Å². The number of rotatable bonds is 3. The van der Waals surface area contributed by atoms with Crippen molar-refractivity contribution in [3.05, 3.63) is 12.2 Å². The van der Waals surface area contributed by atoms with Gasteiger partial charge >= 0.3 is 5.97 Å². The van der Waals surface area contributed by atoms with Gasteiger partial charge in [0.2, 0.25) is 11.8 Å². The van der Waals surface area contributed by atoms with Crippen LogP contribution in [0.1, 0.15) is 6.42 Å². The second-order valence-electron chi connectivity index (χ2n) is 2.00. The summed E-state index contributed by atoms with van der Waals surface area (Å²) in [5.74, 6) is -2.64. The van der Waals surface area contributed by atoms with Crippen LogP contribution in [0, 0.1) is 11.3 Å². The third-order valence-corrected chi connectivity index (χ3v) is 0.742. The highest BCUT2D eigenvalue weighted by atomic mass is 16.4. The van der Waals surface area contributed by atoms with Gasteiger partial charge in [0.1, 0.15) is 18.1 Å². The van der Waals surface area contributed by atoms with Crippen LogP contribution in [0.2, 0.25) is 0 Å². The quantitative estimate of drug-likeness (QED) is 0.287. The van der Waals surface area contributed by atoms with Crippen molar-refractivity contribution < 1.29 is 19.5 Å². The first-order valence-corrected chi connectivity index (χ1v) is 3.20. The Hall–Kier alpha value is -2.36. The molecular weight excluding hydrogens is 190 g/mol. The van der Waals surface area contributed by atoms with E-state index in [-0.39, 0.29) is 6.42 Å². The minimum absolute atomic E-state index is 0.361. The molecular formula is C7H9N3O4. The minimum atomic E-state index is -1.26. The average Bonchev–Trinajstić information content (AvgIpc) is 2.01. The molecule has 0 spiro atoms. The van der Waals surface area contributed by atoms with Gasteiger partial charge in [0.05, 0.1) is 0 Å².